The van der Waals surface area contributed by atoms with E-state index in [0.717, 1.165) is 19.6 Å². The van der Waals surface area contributed by atoms with Gasteiger partial charge in [-0.3, -0.25) is 0 Å². The number of anilines is 2. The van der Waals surface area contributed by atoms with Crippen molar-refractivity contribution < 1.29 is 9.13 Å². The van der Waals surface area contributed by atoms with E-state index in [0.29, 0.717) is 22.7 Å². The van der Waals surface area contributed by atoms with Gasteiger partial charge in [0.15, 0.2) is 0 Å². The van der Waals surface area contributed by atoms with Crippen LogP contribution in [0.1, 0.15) is 13.3 Å². The molecule has 1 aromatic heterocycles. The second-order valence-electron chi connectivity index (χ2n) is 4.24. The molecule has 108 valence electrons. The van der Waals surface area contributed by atoms with E-state index < -0.39 is 0 Å². The third kappa shape index (κ3) is 4.05. The second-order valence-corrected chi connectivity index (χ2v) is 5.16. The summed E-state index contributed by atoms with van der Waals surface area (Å²) in [5.74, 6) is 0.311. The zero-order valence-electron chi connectivity index (χ0n) is 11.3. The summed E-state index contributed by atoms with van der Waals surface area (Å²) in [4.78, 5) is 4.21. The SMILES string of the molecule is CCOCCCn1ccnc1Nc1ccc(Br)cc1F. The Kier molecular flexibility index (Phi) is 5.55. The fourth-order valence-corrected chi connectivity index (χ4v) is 2.14. The van der Waals surface area contributed by atoms with Crippen molar-refractivity contribution in [2.45, 2.75) is 19.9 Å². The highest BCUT2D eigenvalue weighted by atomic mass is 79.9. The van der Waals surface area contributed by atoms with Crippen molar-refractivity contribution in [1.29, 1.82) is 0 Å². The molecule has 0 unspecified atom stereocenters. The van der Waals surface area contributed by atoms with Gasteiger partial charge in [-0.25, -0.2) is 9.37 Å². The van der Waals surface area contributed by atoms with Gasteiger partial charge in [0, 0.05) is 36.6 Å². The molecule has 6 heteroatoms. The molecular formula is C14H17BrFN3O. The highest BCUT2D eigenvalue weighted by Gasteiger charge is 2.07. The average Bonchev–Trinajstić information content (AvgIpc) is 2.85. The first-order chi connectivity index (χ1) is 9.70. The zero-order valence-corrected chi connectivity index (χ0v) is 12.9. The Bertz CT molecular complexity index is 559. The predicted octanol–water partition coefficient (Wildman–Crippen LogP) is 3.95. The van der Waals surface area contributed by atoms with Gasteiger partial charge in [-0.15, -0.1) is 0 Å². The van der Waals surface area contributed by atoms with Crippen LogP contribution < -0.4 is 5.32 Å². The minimum Gasteiger partial charge on any atom is -0.382 e. The standard InChI is InChI=1S/C14H17BrFN3O/c1-2-20-9-3-7-19-8-6-17-14(19)18-13-5-4-11(15)10-12(13)16/h4-6,8,10H,2-3,7,9H2,1H3,(H,17,18). The number of nitrogens with zero attached hydrogens (tertiary/aromatic N) is 2. The number of rotatable bonds is 7. The number of aryl methyl sites for hydroxylation is 1. The van der Waals surface area contributed by atoms with Gasteiger partial charge in [-0.05, 0) is 31.5 Å². The number of hydrogen-bond acceptors (Lipinski definition) is 3. The molecular weight excluding hydrogens is 325 g/mol. The summed E-state index contributed by atoms with van der Waals surface area (Å²) in [5.41, 5.74) is 0.408. The van der Waals surface area contributed by atoms with E-state index in [1.807, 2.05) is 17.7 Å². The van der Waals surface area contributed by atoms with Gasteiger partial charge in [-0.1, -0.05) is 15.9 Å². The molecule has 20 heavy (non-hydrogen) atoms. The third-order valence-electron chi connectivity index (χ3n) is 2.78. The molecule has 0 amide bonds. The van der Waals surface area contributed by atoms with E-state index in [-0.39, 0.29) is 5.82 Å². The second kappa shape index (κ2) is 7.40. The van der Waals surface area contributed by atoms with Gasteiger partial charge in [0.1, 0.15) is 5.82 Å². The lowest BCUT2D eigenvalue weighted by Gasteiger charge is -2.10. The van der Waals surface area contributed by atoms with Crippen molar-refractivity contribution in [1.82, 2.24) is 9.55 Å². The Morgan fingerprint density at radius 1 is 1.45 bits per heavy atom. The summed E-state index contributed by atoms with van der Waals surface area (Å²) in [6.07, 6.45) is 4.45. The molecule has 0 radical (unpaired) electrons. The van der Waals surface area contributed by atoms with Gasteiger partial charge >= 0.3 is 0 Å². The van der Waals surface area contributed by atoms with Crippen LogP contribution in [0.3, 0.4) is 0 Å². The van der Waals surface area contributed by atoms with Crippen LogP contribution >= 0.6 is 15.9 Å². The third-order valence-corrected chi connectivity index (χ3v) is 3.28. The molecule has 0 fully saturated rings. The normalized spacial score (nSPS) is 10.8. The van der Waals surface area contributed by atoms with E-state index in [1.165, 1.54) is 6.07 Å². The molecule has 0 saturated heterocycles. The highest BCUT2D eigenvalue weighted by Crippen LogP contribution is 2.22. The Morgan fingerprint density at radius 3 is 3.05 bits per heavy atom. The molecule has 2 rings (SSSR count). The van der Waals surface area contributed by atoms with E-state index in [4.69, 9.17) is 4.74 Å². The maximum absolute atomic E-state index is 13.8. The van der Waals surface area contributed by atoms with E-state index in [2.05, 4.69) is 26.2 Å². The maximum atomic E-state index is 13.8. The van der Waals surface area contributed by atoms with E-state index >= 15 is 0 Å². The molecule has 0 aliphatic carbocycles. The van der Waals surface area contributed by atoms with Gasteiger partial charge in [0.05, 0.1) is 5.69 Å². The minimum absolute atomic E-state index is 0.316. The van der Waals surface area contributed by atoms with E-state index in [9.17, 15) is 4.39 Å². The monoisotopic (exact) mass is 341 g/mol. The Hall–Kier alpha value is -1.40. The smallest absolute Gasteiger partial charge is 0.207 e. The van der Waals surface area contributed by atoms with Gasteiger partial charge in [0.25, 0.3) is 0 Å². The summed E-state index contributed by atoms with van der Waals surface area (Å²) >= 11 is 3.24. The first-order valence-electron chi connectivity index (χ1n) is 6.51. The van der Waals surface area contributed by atoms with Crippen LogP contribution in [0.2, 0.25) is 0 Å². The van der Waals surface area contributed by atoms with Gasteiger partial charge in [0.2, 0.25) is 5.95 Å². The lowest BCUT2D eigenvalue weighted by atomic mass is 10.3. The van der Waals surface area contributed by atoms with Crippen LogP contribution in [0.15, 0.2) is 35.1 Å². The van der Waals surface area contributed by atoms with Crippen LogP contribution in [0.25, 0.3) is 0 Å². The number of imidazole rings is 1. The minimum atomic E-state index is -0.316. The zero-order chi connectivity index (χ0) is 14.4. The first-order valence-corrected chi connectivity index (χ1v) is 7.31. The molecule has 2 aromatic rings. The molecule has 0 atom stereocenters. The maximum Gasteiger partial charge on any atom is 0.207 e. The molecule has 1 heterocycles. The summed E-state index contributed by atoms with van der Waals surface area (Å²) in [6, 6.07) is 4.89. The molecule has 0 spiro atoms. The fourth-order valence-electron chi connectivity index (χ4n) is 1.81. The molecule has 1 aromatic carbocycles. The fraction of sp³-hybridized carbons (Fsp3) is 0.357. The van der Waals surface area contributed by atoms with Crippen LogP contribution in [0.4, 0.5) is 16.0 Å². The molecule has 0 saturated carbocycles. The topological polar surface area (TPSA) is 39.1 Å². The molecule has 0 aliphatic heterocycles. The summed E-state index contributed by atoms with van der Waals surface area (Å²) in [6.45, 7) is 4.18. The van der Waals surface area contributed by atoms with E-state index in [1.54, 1.807) is 18.3 Å². The van der Waals surface area contributed by atoms with Gasteiger partial charge < -0.3 is 14.6 Å². The number of halogens is 2. The first kappa shape index (κ1) is 15.0. The van der Waals surface area contributed by atoms with Crippen LogP contribution in [0.5, 0.6) is 0 Å². The summed E-state index contributed by atoms with van der Waals surface area (Å²) in [7, 11) is 0. The molecule has 1 N–H and O–H groups in total. The van der Waals surface area contributed by atoms with Crippen molar-refractivity contribution in [3.05, 3.63) is 40.9 Å². The summed E-state index contributed by atoms with van der Waals surface area (Å²) < 4.78 is 21.7. The van der Waals surface area contributed by atoms with Crippen LogP contribution in [-0.4, -0.2) is 22.8 Å². The van der Waals surface area contributed by atoms with Crippen LogP contribution in [0, 0.1) is 5.82 Å². The molecule has 0 aliphatic rings. The number of nitrogens with one attached hydrogen (secondary N) is 1. The van der Waals surface area contributed by atoms with Gasteiger partial charge in [-0.2, -0.15) is 0 Å². The number of hydrogen-bond donors (Lipinski definition) is 1. The van der Waals surface area contributed by atoms with Crippen molar-refractivity contribution in [3.63, 3.8) is 0 Å². The number of benzene rings is 1. The lowest BCUT2D eigenvalue weighted by Crippen LogP contribution is -2.06. The molecule has 4 nitrogen and oxygen atoms in total. The summed E-state index contributed by atoms with van der Waals surface area (Å²) in [5, 5.41) is 3.00. The van der Waals surface area contributed by atoms with Crippen molar-refractivity contribution in [2.75, 3.05) is 18.5 Å². The van der Waals surface area contributed by atoms with Crippen molar-refractivity contribution >= 4 is 27.6 Å². The van der Waals surface area contributed by atoms with Crippen molar-refractivity contribution in [2.24, 2.45) is 0 Å². The Balaban J connectivity index is 2.01. The number of ether oxygens (including phenoxy) is 1. The quantitative estimate of drug-likeness (QED) is 0.775. The number of aromatic nitrogens is 2. The average molecular weight is 342 g/mol. The van der Waals surface area contributed by atoms with Crippen molar-refractivity contribution in [3.8, 4) is 0 Å². The Morgan fingerprint density at radius 2 is 2.30 bits per heavy atom. The van der Waals surface area contributed by atoms with Crippen LogP contribution in [-0.2, 0) is 11.3 Å². The highest BCUT2D eigenvalue weighted by molar-refractivity contribution is 9.10. The lowest BCUT2D eigenvalue weighted by molar-refractivity contribution is 0.142. The molecule has 0 bridgehead atoms. The predicted molar refractivity (Wildman–Crippen MR) is 80.7 cm³/mol. The largest absolute Gasteiger partial charge is 0.382 e. The Labute approximate surface area is 126 Å².